The lowest BCUT2D eigenvalue weighted by Gasteiger charge is -2.15. The second-order valence-electron chi connectivity index (χ2n) is 2.62. The van der Waals surface area contributed by atoms with Gasteiger partial charge in [0.25, 0.3) is 0 Å². The maximum atomic E-state index is 11.0. The van der Waals surface area contributed by atoms with Crippen LogP contribution in [0, 0.1) is 5.92 Å². The molecule has 0 aromatic heterocycles. The summed E-state index contributed by atoms with van der Waals surface area (Å²) in [5, 5.41) is 2.64. The number of cyclic esters (lactones) is 1. The predicted octanol–water partition coefficient (Wildman–Crippen LogP) is -0.314. The van der Waals surface area contributed by atoms with Gasteiger partial charge < -0.3 is 10.1 Å². The van der Waals surface area contributed by atoms with Gasteiger partial charge in [0.1, 0.15) is 6.61 Å². The Balaban J connectivity index is 2.51. The van der Waals surface area contributed by atoms with Gasteiger partial charge in [-0.05, 0) is 0 Å². The number of rotatable bonds is 0. The van der Waals surface area contributed by atoms with E-state index in [4.69, 9.17) is 4.74 Å². The number of carbonyl (C=O) groups is 2. The van der Waals surface area contributed by atoms with Crippen molar-refractivity contribution in [3.05, 3.63) is 0 Å². The van der Waals surface area contributed by atoms with Crippen LogP contribution >= 0.6 is 0 Å². The van der Waals surface area contributed by atoms with E-state index >= 15 is 0 Å². The molecule has 4 nitrogen and oxygen atoms in total. The molecule has 1 atom stereocenters. The Kier molecular flexibility index (Phi) is 2.46. The summed E-state index contributed by atoms with van der Waals surface area (Å²) in [6.45, 7) is 2.42. The Labute approximate surface area is 64.9 Å². The van der Waals surface area contributed by atoms with Crippen LogP contribution in [0.5, 0.6) is 0 Å². The van der Waals surface area contributed by atoms with E-state index in [-0.39, 0.29) is 30.8 Å². The second kappa shape index (κ2) is 3.37. The van der Waals surface area contributed by atoms with Crippen LogP contribution in [0.25, 0.3) is 0 Å². The van der Waals surface area contributed by atoms with E-state index in [1.807, 2.05) is 0 Å². The molecule has 0 saturated carbocycles. The Morgan fingerprint density at radius 3 is 3.00 bits per heavy atom. The Bertz CT molecular complexity index is 179. The van der Waals surface area contributed by atoms with Gasteiger partial charge >= 0.3 is 5.97 Å². The van der Waals surface area contributed by atoms with Gasteiger partial charge in [0.2, 0.25) is 5.91 Å². The van der Waals surface area contributed by atoms with Crippen molar-refractivity contribution in [2.45, 2.75) is 13.3 Å². The third kappa shape index (κ3) is 2.22. The second-order valence-corrected chi connectivity index (χ2v) is 2.62. The number of carbonyl (C=O) groups excluding carboxylic acids is 2. The molecular formula is C7H11NO3. The highest BCUT2D eigenvalue weighted by molar-refractivity contribution is 5.83. The van der Waals surface area contributed by atoms with Crippen molar-refractivity contribution in [1.82, 2.24) is 5.32 Å². The van der Waals surface area contributed by atoms with Crippen molar-refractivity contribution >= 4 is 11.9 Å². The zero-order valence-corrected chi connectivity index (χ0v) is 6.42. The molecule has 0 aromatic rings. The third-order valence-corrected chi connectivity index (χ3v) is 1.58. The fourth-order valence-corrected chi connectivity index (χ4v) is 0.915. The molecule has 0 spiro atoms. The molecule has 11 heavy (non-hydrogen) atoms. The van der Waals surface area contributed by atoms with Crippen molar-refractivity contribution in [1.29, 1.82) is 0 Å². The molecule has 1 fully saturated rings. The summed E-state index contributed by atoms with van der Waals surface area (Å²) in [7, 11) is 0. The van der Waals surface area contributed by atoms with Crippen molar-refractivity contribution in [3.8, 4) is 0 Å². The highest BCUT2D eigenvalue weighted by Crippen LogP contribution is 2.04. The predicted molar refractivity (Wildman–Crippen MR) is 37.7 cm³/mol. The minimum absolute atomic E-state index is 0.0679. The molecule has 1 amide bonds. The van der Waals surface area contributed by atoms with Gasteiger partial charge in [0, 0.05) is 5.92 Å². The zero-order chi connectivity index (χ0) is 8.27. The minimum Gasteiger partial charge on any atom is -0.464 e. The minimum atomic E-state index is -0.285. The Hall–Kier alpha value is -1.06. The van der Waals surface area contributed by atoms with Gasteiger partial charge in [-0.25, -0.2) is 0 Å². The van der Waals surface area contributed by atoms with E-state index in [1.165, 1.54) is 0 Å². The molecule has 1 aliphatic heterocycles. The lowest BCUT2D eigenvalue weighted by molar-refractivity contribution is -0.148. The van der Waals surface area contributed by atoms with E-state index in [0.29, 0.717) is 6.54 Å². The molecule has 1 unspecified atom stereocenters. The molecule has 1 saturated heterocycles. The molecular weight excluding hydrogens is 146 g/mol. The van der Waals surface area contributed by atoms with E-state index in [9.17, 15) is 9.59 Å². The maximum Gasteiger partial charge on any atom is 0.306 e. The summed E-state index contributed by atoms with van der Waals surface area (Å²) in [5.74, 6) is -0.614. The average Bonchev–Trinajstić information content (AvgIpc) is 1.95. The first-order valence-electron chi connectivity index (χ1n) is 3.63. The van der Waals surface area contributed by atoms with Crippen LogP contribution in [0.3, 0.4) is 0 Å². The van der Waals surface area contributed by atoms with Crippen LogP contribution in [-0.2, 0) is 14.3 Å². The number of hydrogen-bond donors (Lipinski definition) is 1. The highest BCUT2D eigenvalue weighted by atomic mass is 16.5. The SMILES string of the molecule is CC1CC(=O)OCCNC1=O. The summed E-state index contributed by atoms with van der Waals surface area (Å²) in [5.41, 5.74) is 0. The van der Waals surface area contributed by atoms with Gasteiger partial charge in [-0.2, -0.15) is 0 Å². The molecule has 1 rings (SSSR count). The summed E-state index contributed by atoms with van der Waals surface area (Å²) >= 11 is 0. The van der Waals surface area contributed by atoms with E-state index in [1.54, 1.807) is 6.92 Å². The largest absolute Gasteiger partial charge is 0.464 e. The van der Waals surface area contributed by atoms with Crippen molar-refractivity contribution in [2.24, 2.45) is 5.92 Å². The van der Waals surface area contributed by atoms with Gasteiger partial charge in [0.15, 0.2) is 0 Å². The summed E-state index contributed by atoms with van der Waals surface area (Å²) in [4.78, 5) is 21.8. The summed E-state index contributed by atoms with van der Waals surface area (Å²) < 4.78 is 4.75. The smallest absolute Gasteiger partial charge is 0.306 e. The Morgan fingerprint density at radius 2 is 2.27 bits per heavy atom. The van der Waals surface area contributed by atoms with Gasteiger partial charge in [-0.3, -0.25) is 9.59 Å². The van der Waals surface area contributed by atoms with Gasteiger partial charge in [-0.1, -0.05) is 6.92 Å². The summed E-state index contributed by atoms with van der Waals surface area (Å²) in [6.07, 6.45) is 0.186. The monoisotopic (exact) mass is 157 g/mol. The molecule has 1 N–H and O–H groups in total. The number of nitrogens with one attached hydrogen (secondary N) is 1. The van der Waals surface area contributed by atoms with Crippen LogP contribution in [0.4, 0.5) is 0 Å². The third-order valence-electron chi connectivity index (χ3n) is 1.58. The maximum absolute atomic E-state index is 11.0. The molecule has 0 aliphatic carbocycles. The molecule has 0 bridgehead atoms. The Morgan fingerprint density at radius 1 is 1.55 bits per heavy atom. The fraction of sp³-hybridized carbons (Fsp3) is 0.714. The molecule has 0 radical (unpaired) electrons. The average molecular weight is 157 g/mol. The quantitative estimate of drug-likeness (QED) is 0.490. The van der Waals surface area contributed by atoms with E-state index in [0.717, 1.165) is 0 Å². The number of hydrogen-bond acceptors (Lipinski definition) is 3. The first-order valence-corrected chi connectivity index (χ1v) is 3.63. The van der Waals surface area contributed by atoms with E-state index < -0.39 is 0 Å². The van der Waals surface area contributed by atoms with Crippen molar-refractivity contribution in [3.63, 3.8) is 0 Å². The number of esters is 1. The van der Waals surface area contributed by atoms with Crippen molar-refractivity contribution < 1.29 is 14.3 Å². The molecule has 4 heteroatoms. The first-order chi connectivity index (χ1) is 5.20. The summed E-state index contributed by atoms with van der Waals surface area (Å²) in [6, 6.07) is 0. The molecule has 1 aliphatic rings. The lowest BCUT2D eigenvalue weighted by Crippen LogP contribution is -2.36. The van der Waals surface area contributed by atoms with Crippen LogP contribution in [0.2, 0.25) is 0 Å². The van der Waals surface area contributed by atoms with Gasteiger partial charge in [0.05, 0.1) is 13.0 Å². The van der Waals surface area contributed by atoms with E-state index in [2.05, 4.69) is 5.32 Å². The van der Waals surface area contributed by atoms with Crippen LogP contribution in [0.15, 0.2) is 0 Å². The molecule has 1 heterocycles. The topological polar surface area (TPSA) is 55.4 Å². The van der Waals surface area contributed by atoms with Crippen LogP contribution in [-0.4, -0.2) is 25.0 Å². The fourth-order valence-electron chi connectivity index (χ4n) is 0.915. The van der Waals surface area contributed by atoms with Crippen LogP contribution in [0.1, 0.15) is 13.3 Å². The normalized spacial score (nSPS) is 26.5. The molecule has 62 valence electrons. The lowest BCUT2D eigenvalue weighted by atomic mass is 10.1. The van der Waals surface area contributed by atoms with Crippen molar-refractivity contribution in [2.75, 3.05) is 13.2 Å². The van der Waals surface area contributed by atoms with Crippen LogP contribution < -0.4 is 5.32 Å². The number of ether oxygens (including phenoxy) is 1. The molecule has 0 aromatic carbocycles. The number of amides is 1. The first kappa shape index (κ1) is 8.04. The zero-order valence-electron chi connectivity index (χ0n) is 6.42. The standard InChI is InChI=1S/C7H11NO3/c1-5-4-6(9)11-3-2-8-7(5)10/h5H,2-4H2,1H3,(H,8,10). The highest BCUT2D eigenvalue weighted by Gasteiger charge is 2.19. The van der Waals surface area contributed by atoms with Gasteiger partial charge in [-0.15, -0.1) is 0 Å².